The summed E-state index contributed by atoms with van der Waals surface area (Å²) in [5, 5.41) is 2.34. The van der Waals surface area contributed by atoms with Crippen LogP contribution in [0, 0.1) is 14.3 Å². The van der Waals surface area contributed by atoms with Gasteiger partial charge in [0.1, 0.15) is 0 Å². The molecular formula is C45H32IN4-. The molecule has 0 aliphatic rings. The van der Waals surface area contributed by atoms with E-state index < -0.39 is 18.4 Å². The summed E-state index contributed by atoms with van der Waals surface area (Å²) in [7, 11) is 0. The van der Waals surface area contributed by atoms with Crippen LogP contribution < -0.4 is 18.4 Å². The van der Waals surface area contributed by atoms with E-state index in [0.29, 0.717) is 17.6 Å². The molecular weight excluding hydrogens is 723 g/mol. The number of hydrogen-bond acceptors (Lipinski definition) is 3. The van der Waals surface area contributed by atoms with Gasteiger partial charge in [0.15, 0.2) is 0 Å². The molecule has 7 aromatic carbocycles. The van der Waals surface area contributed by atoms with Crippen LogP contribution in [0.15, 0.2) is 194 Å². The number of benzene rings is 7. The van der Waals surface area contributed by atoms with Crippen molar-refractivity contribution in [1.29, 1.82) is 0 Å². The fourth-order valence-electron chi connectivity index (χ4n) is 6.80. The predicted molar refractivity (Wildman–Crippen MR) is 199 cm³/mol. The van der Waals surface area contributed by atoms with Gasteiger partial charge in [0, 0.05) is 0 Å². The van der Waals surface area contributed by atoms with Gasteiger partial charge >= 0.3 is 297 Å². The Kier molecular flexibility index (Phi) is 7.75. The third kappa shape index (κ3) is 5.09. The zero-order valence-electron chi connectivity index (χ0n) is 27.1. The molecule has 0 radical (unpaired) electrons. The van der Waals surface area contributed by atoms with Crippen molar-refractivity contribution in [3.05, 3.63) is 208 Å². The molecule has 9 rings (SSSR count). The van der Waals surface area contributed by atoms with Gasteiger partial charge in [-0.15, -0.1) is 0 Å². The molecule has 0 unspecified atom stereocenters. The van der Waals surface area contributed by atoms with Crippen molar-refractivity contribution >= 4 is 21.8 Å². The van der Waals surface area contributed by atoms with Crippen LogP contribution >= 0.6 is 0 Å². The van der Waals surface area contributed by atoms with Crippen molar-refractivity contribution < 1.29 is 18.4 Å². The van der Waals surface area contributed by atoms with Gasteiger partial charge in [-0.05, 0) is 0 Å². The first kappa shape index (κ1) is 30.2. The van der Waals surface area contributed by atoms with Gasteiger partial charge in [-0.1, -0.05) is 0 Å². The number of nitrogens with zero attached hydrogens (tertiary/aromatic N) is 4. The van der Waals surface area contributed by atoms with Crippen LogP contribution in [0.2, 0.25) is 0 Å². The third-order valence-electron chi connectivity index (χ3n) is 9.03. The zero-order valence-corrected chi connectivity index (χ0v) is 29.3. The summed E-state index contributed by atoms with van der Waals surface area (Å²) in [6.45, 7) is 0. The van der Waals surface area contributed by atoms with Crippen molar-refractivity contribution in [1.82, 2.24) is 19.5 Å². The van der Waals surface area contributed by atoms with E-state index in [1.54, 1.807) is 0 Å². The first-order valence-corrected chi connectivity index (χ1v) is 21.0. The van der Waals surface area contributed by atoms with Crippen LogP contribution in [-0.4, -0.2) is 19.5 Å². The Hall–Kier alpha value is -5.92. The van der Waals surface area contributed by atoms with Crippen molar-refractivity contribution in [3.8, 4) is 28.7 Å². The standard InChI is InChI=1S/C45H32IN4/c1-6-18-33(19-7-1)43-47-44(34-20-8-2-9-21-34)49-45(48-43)50-41-29-17-16-28-39(41)40-32-38(30-31-42(40)50)46(35-22-10-3-11-23-35,36-24-12-4-13-25-36)37-26-14-5-15-27-37/h1-32H/q-1. The van der Waals surface area contributed by atoms with Crippen LogP contribution in [0.1, 0.15) is 0 Å². The van der Waals surface area contributed by atoms with E-state index in [-0.39, 0.29) is 0 Å². The van der Waals surface area contributed by atoms with Crippen molar-refractivity contribution in [2.24, 2.45) is 0 Å². The minimum absolute atomic E-state index is 0.595. The summed E-state index contributed by atoms with van der Waals surface area (Å²) in [4.78, 5) is 15.2. The summed E-state index contributed by atoms with van der Waals surface area (Å²) in [5.41, 5.74) is 4.01. The molecule has 0 N–H and O–H groups in total. The third-order valence-corrected chi connectivity index (χ3v) is 19.3. The molecule has 5 heteroatoms. The second-order valence-electron chi connectivity index (χ2n) is 12.0. The monoisotopic (exact) mass is 755 g/mol. The van der Waals surface area contributed by atoms with Crippen LogP contribution in [0.4, 0.5) is 0 Å². The number of halogens is 1. The number of fused-ring (bicyclic) bond motifs is 3. The van der Waals surface area contributed by atoms with E-state index in [2.05, 4.69) is 138 Å². The zero-order chi connectivity index (χ0) is 33.3. The molecule has 2 heterocycles. The Bertz CT molecular complexity index is 2420. The fraction of sp³-hybridized carbons (Fsp3) is 0. The molecule has 9 aromatic rings. The maximum absolute atomic E-state index is 5.14. The van der Waals surface area contributed by atoms with Gasteiger partial charge < -0.3 is 0 Å². The van der Waals surface area contributed by atoms with E-state index in [4.69, 9.17) is 15.0 Å². The molecule has 0 spiro atoms. The molecule has 0 atom stereocenters. The average molecular weight is 756 g/mol. The Morgan fingerprint density at radius 3 is 1.26 bits per heavy atom. The van der Waals surface area contributed by atoms with Gasteiger partial charge in [0.25, 0.3) is 0 Å². The quantitative estimate of drug-likeness (QED) is 0.161. The van der Waals surface area contributed by atoms with E-state index in [9.17, 15) is 0 Å². The van der Waals surface area contributed by atoms with Crippen molar-refractivity contribution in [2.45, 2.75) is 0 Å². The Morgan fingerprint density at radius 1 is 0.340 bits per heavy atom. The molecule has 50 heavy (non-hydrogen) atoms. The van der Waals surface area contributed by atoms with Gasteiger partial charge in [-0.2, -0.15) is 0 Å². The number of para-hydroxylation sites is 1. The molecule has 0 saturated heterocycles. The molecule has 0 amide bonds. The molecule has 0 aliphatic heterocycles. The number of rotatable bonds is 7. The molecule has 0 bridgehead atoms. The van der Waals surface area contributed by atoms with Crippen LogP contribution in [0.25, 0.3) is 50.5 Å². The molecule has 4 nitrogen and oxygen atoms in total. The molecule has 0 saturated carbocycles. The Morgan fingerprint density at radius 2 is 0.760 bits per heavy atom. The van der Waals surface area contributed by atoms with Crippen molar-refractivity contribution in [2.75, 3.05) is 0 Å². The van der Waals surface area contributed by atoms with E-state index in [1.165, 1.54) is 19.7 Å². The van der Waals surface area contributed by atoms with Crippen LogP contribution in [0.5, 0.6) is 0 Å². The summed E-state index contributed by atoms with van der Waals surface area (Å²) in [6, 6.07) is 69.4. The van der Waals surface area contributed by atoms with Crippen LogP contribution in [-0.2, 0) is 0 Å². The van der Waals surface area contributed by atoms with Crippen molar-refractivity contribution in [3.63, 3.8) is 0 Å². The van der Waals surface area contributed by atoms with Crippen LogP contribution in [0.3, 0.4) is 0 Å². The number of aromatic nitrogens is 4. The minimum atomic E-state index is -3.37. The second kappa shape index (κ2) is 12.8. The Labute approximate surface area is 295 Å². The summed E-state index contributed by atoms with van der Waals surface area (Å²) in [6.07, 6.45) is 0. The normalized spacial score (nSPS) is 11.9. The number of hydrogen-bond donors (Lipinski definition) is 0. The SMILES string of the molecule is c1ccc(-c2nc(-c3ccccc3)nc(-n3c4ccccc4c4cc([I-](c5ccccc5)(c5ccccc5)c5ccccc5)ccc43)n2)cc1. The molecule has 2 aromatic heterocycles. The topological polar surface area (TPSA) is 43.6 Å². The molecule has 0 fully saturated rings. The maximum atomic E-state index is 5.14. The summed E-state index contributed by atoms with van der Waals surface area (Å²) < 4.78 is 7.73. The summed E-state index contributed by atoms with van der Waals surface area (Å²) >= 11 is -3.37. The van der Waals surface area contributed by atoms with E-state index in [0.717, 1.165) is 27.5 Å². The van der Waals surface area contributed by atoms with E-state index >= 15 is 0 Å². The van der Waals surface area contributed by atoms with Gasteiger partial charge in [-0.25, -0.2) is 0 Å². The predicted octanol–water partition coefficient (Wildman–Crippen LogP) is 7.24. The van der Waals surface area contributed by atoms with E-state index in [1.807, 2.05) is 60.7 Å². The molecule has 0 aliphatic carbocycles. The Balaban J connectivity index is 1.34. The fourth-order valence-corrected chi connectivity index (χ4v) is 17.1. The van der Waals surface area contributed by atoms with Gasteiger partial charge in [0.05, 0.1) is 0 Å². The van der Waals surface area contributed by atoms with Gasteiger partial charge in [-0.3, -0.25) is 0 Å². The molecule has 240 valence electrons. The average Bonchev–Trinajstić information content (AvgIpc) is 3.54. The first-order valence-electron chi connectivity index (χ1n) is 16.6. The first-order chi connectivity index (χ1) is 24.8. The van der Waals surface area contributed by atoms with Gasteiger partial charge in [0.2, 0.25) is 0 Å². The summed E-state index contributed by atoms with van der Waals surface area (Å²) in [5.74, 6) is 1.88. The second-order valence-corrected chi connectivity index (χ2v) is 20.2.